The fourth-order valence-electron chi connectivity index (χ4n) is 1.83. The Balaban J connectivity index is 3.87. The second-order valence-electron chi connectivity index (χ2n) is 5.27. The van der Waals surface area contributed by atoms with Gasteiger partial charge in [-0.05, 0) is 24.2 Å². The van der Waals surface area contributed by atoms with Crippen molar-refractivity contribution in [3.05, 3.63) is 0 Å². The molecule has 1 unspecified atom stereocenters. The highest BCUT2D eigenvalue weighted by Crippen LogP contribution is 2.31. The largest absolute Gasteiger partial charge is 0.356 e. The molecular weight excluding hydrogens is 186 g/mol. The quantitative estimate of drug-likeness (QED) is 0.690. The Labute approximate surface area is 94.8 Å². The van der Waals surface area contributed by atoms with Crippen LogP contribution in [0.25, 0.3) is 0 Å². The maximum Gasteiger partial charge on any atom is 0.216 e. The minimum atomic E-state index is 0.0830. The SMILES string of the molecule is CCC(CCNC(C)=O)CC(C)(C)CC. The van der Waals surface area contributed by atoms with Gasteiger partial charge < -0.3 is 5.32 Å². The van der Waals surface area contributed by atoms with E-state index < -0.39 is 0 Å². The zero-order valence-corrected chi connectivity index (χ0v) is 11.0. The molecule has 0 spiro atoms. The zero-order valence-electron chi connectivity index (χ0n) is 11.0. The lowest BCUT2D eigenvalue weighted by molar-refractivity contribution is -0.119. The van der Waals surface area contributed by atoms with Crippen LogP contribution in [0, 0.1) is 11.3 Å². The third kappa shape index (κ3) is 7.40. The van der Waals surface area contributed by atoms with Crippen molar-refractivity contribution >= 4 is 5.91 Å². The summed E-state index contributed by atoms with van der Waals surface area (Å²) >= 11 is 0. The third-order valence-corrected chi connectivity index (χ3v) is 3.30. The molecule has 0 aromatic carbocycles. The number of hydrogen-bond donors (Lipinski definition) is 1. The minimum absolute atomic E-state index is 0.0830. The van der Waals surface area contributed by atoms with E-state index in [1.165, 1.54) is 19.3 Å². The van der Waals surface area contributed by atoms with Gasteiger partial charge in [-0.25, -0.2) is 0 Å². The lowest BCUT2D eigenvalue weighted by atomic mass is 9.78. The van der Waals surface area contributed by atoms with Crippen LogP contribution in [0.15, 0.2) is 0 Å². The van der Waals surface area contributed by atoms with Crippen LogP contribution in [0.1, 0.15) is 60.3 Å². The van der Waals surface area contributed by atoms with Crippen LogP contribution in [0.2, 0.25) is 0 Å². The predicted molar refractivity (Wildman–Crippen MR) is 65.8 cm³/mol. The first-order chi connectivity index (χ1) is 6.91. The number of amides is 1. The topological polar surface area (TPSA) is 29.1 Å². The van der Waals surface area contributed by atoms with Crippen molar-refractivity contribution < 1.29 is 4.79 Å². The molecule has 0 aromatic rings. The fraction of sp³-hybridized carbons (Fsp3) is 0.923. The van der Waals surface area contributed by atoms with Crippen molar-refractivity contribution in [1.82, 2.24) is 5.32 Å². The van der Waals surface area contributed by atoms with Gasteiger partial charge in [0.05, 0.1) is 0 Å². The highest BCUT2D eigenvalue weighted by atomic mass is 16.1. The molecule has 0 aromatic heterocycles. The molecule has 0 aliphatic carbocycles. The van der Waals surface area contributed by atoms with Gasteiger partial charge in [0, 0.05) is 13.5 Å². The van der Waals surface area contributed by atoms with Gasteiger partial charge in [-0.1, -0.05) is 40.5 Å². The molecule has 0 saturated carbocycles. The number of nitrogens with one attached hydrogen (secondary N) is 1. The van der Waals surface area contributed by atoms with Crippen LogP contribution in [-0.2, 0) is 4.79 Å². The molecule has 90 valence electrons. The van der Waals surface area contributed by atoms with Crippen LogP contribution < -0.4 is 5.32 Å². The van der Waals surface area contributed by atoms with E-state index in [1.807, 2.05) is 0 Å². The van der Waals surface area contributed by atoms with E-state index in [2.05, 4.69) is 33.0 Å². The Morgan fingerprint density at radius 3 is 2.33 bits per heavy atom. The molecule has 0 rings (SSSR count). The van der Waals surface area contributed by atoms with Crippen molar-refractivity contribution in [3.8, 4) is 0 Å². The van der Waals surface area contributed by atoms with Gasteiger partial charge in [0.25, 0.3) is 0 Å². The molecule has 1 atom stereocenters. The van der Waals surface area contributed by atoms with E-state index in [1.54, 1.807) is 6.92 Å². The summed E-state index contributed by atoms with van der Waals surface area (Å²) in [5.41, 5.74) is 0.441. The molecule has 0 aliphatic heterocycles. The molecule has 0 radical (unpaired) electrons. The smallest absolute Gasteiger partial charge is 0.216 e. The van der Waals surface area contributed by atoms with E-state index >= 15 is 0 Å². The molecular formula is C13H27NO. The number of rotatable bonds is 7. The summed E-state index contributed by atoms with van der Waals surface area (Å²) in [7, 11) is 0. The van der Waals surface area contributed by atoms with E-state index in [0.717, 1.165) is 18.9 Å². The molecule has 2 heteroatoms. The van der Waals surface area contributed by atoms with Crippen LogP contribution >= 0.6 is 0 Å². The van der Waals surface area contributed by atoms with Gasteiger partial charge in [-0.15, -0.1) is 0 Å². The van der Waals surface area contributed by atoms with Gasteiger partial charge >= 0.3 is 0 Å². The fourth-order valence-corrected chi connectivity index (χ4v) is 1.83. The lowest BCUT2D eigenvalue weighted by Gasteiger charge is -2.28. The number of carbonyl (C=O) groups is 1. The average molecular weight is 213 g/mol. The van der Waals surface area contributed by atoms with Gasteiger partial charge in [-0.3, -0.25) is 4.79 Å². The Morgan fingerprint density at radius 2 is 1.93 bits per heavy atom. The first-order valence-electron chi connectivity index (χ1n) is 6.15. The summed E-state index contributed by atoms with van der Waals surface area (Å²) in [6, 6.07) is 0. The summed E-state index contributed by atoms with van der Waals surface area (Å²) in [6.07, 6.45) is 4.81. The van der Waals surface area contributed by atoms with Crippen molar-refractivity contribution in [3.63, 3.8) is 0 Å². The summed E-state index contributed by atoms with van der Waals surface area (Å²) in [5, 5.41) is 2.88. The monoisotopic (exact) mass is 213 g/mol. The number of carbonyl (C=O) groups excluding carboxylic acids is 1. The van der Waals surface area contributed by atoms with Gasteiger partial charge in [-0.2, -0.15) is 0 Å². The maximum absolute atomic E-state index is 10.7. The molecule has 0 aliphatic rings. The van der Waals surface area contributed by atoms with Crippen molar-refractivity contribution in [2.45, 2.75) is 60.3 Å². The molecule has 0 heterocycles. The van der Waals surface area contributed by atoms with Gasteiger partial charge in [0.2, 0.25) is 5.91 Å². The highest BCUT2D eigenvalue weighted by Gasteiger charge is 2.20. The Bertz CT molecular complexity index is 187. The van der Waals surface area contributed by atoms with Crippen molar-refractivity contribution in [1.29, 1.82) is 0 Å². The zero-order chi connectivity index (χ0) is 11.9. The number of hydrogen-bond acceptors (Lipinski definition) is 1. The van der Waals surface area contributed by atoms with Crippen LogP contribution in [0.3, 0.4) is 0 Å². The third-order valence-electron chi connectivity index (χ3n) is 3.30. The molecule has 1 amide bonds. The average Bonchev–Trinajstić information content (AvgIpc) is 2.15. The highest BCUT2D eigenvalue weighted by molar-refractivity contribution is 5.72. The molecule has 15 heavy (non-hydrogen) atoms. The molecule has 0 bridgehead atoms. The summed E-state index contributed by atoms with van der Waals surface area (Å²) in [4.78, 5) is 10.7. The molecule has 1 N–H and O–H groups in total. The normalized spacial score (nSPS) is 13.7. The standard InChI is InChI=1S/C13H27NO/c1-6-12(8-9-14-11(3)15)10-13(4,5)7-2/h12H,6-10H2,1-5H3,(H,14,15). The molecule has 2 nitrogen and oxygen atoms in total. The molecule has 0 saturated heterocycles. The minimum Gasteiger partial charge on any atom is -0.356 e. The first kappa shape index (κ1) is 14.5. The van der Waals surface area contributed by atoms with Gasteiger partial charge in [0.1, 0.15) is 0 Å². The second kappa shape index (κ2) is 6.86. The summed E-state index contributed by atoms with van der Waals surface area (Å²) in [6.45, 7) is 11.6. The Morgan fingerprint density at radius 1 is 1.33 bits per heavy atom. The van der Waals surface area contributed by atoms with Crippen LogP contribution in [-0.4, -0.2) is 12.5 Å². The Hall–Kier alpha value is -0.530. The lowest BCUT2D eigenvalue weighted by Crippen LogP contribution is -2.24. The van der Waals surface area contributed by atoms with E-state index in [0.29, 0.717) is 5.41 Å². The summed E-state index contributed by atoms with van der Waals surface area (Å²) in [5.74, 6) is 0.825. The van der Waals surface area contributed by atoms with Crippen molar-refractivity contribution in [2.75, 3.05) is 6.54 Å². The first-order valence-corrected chi connectivity index (χ1v) is 6.15. The molecule has 0 fully saturated rings. The van der Waals surface area contributed by atoms with E-state index in [-0.39, 0.29) is 5.91 Å². The maximum atomic E-state index is 10.7. The Kier molecular flexibility index (Phi) is 6.62. The van der Waals surface area contributed by atoms with Gasteiger partial charge in [0.15, 0.2) is 0 Å². The predicted octanol–water partition coefficient (Wildman–Crippen LogP) is 3.37. The van der Waals surface area contributed by atoms with Crippen LogP contribution in [0.4, 0.5) is 0 Å². The van der Waals surface area contributed by atoms with E-state index in [4.69, 9.17) is 0 Å². The van der Waals surface area contributed by atoms with Crippen molar-refractivity contribution in [2.24, 2.45) is 11.3 Å². The van der Waals surface area contributed by atoms with Crippen LogP contribution in [0.5, 0.6) is 0 Å². The second-order valence-corrected chi connectivity index (χ2v) is 5.27. The van der Waals surface area contributed by atoms with E-state index in [9.17, 15) is 4.79 Å². The summed E-state index contributed by atoms with van der Waals surface area (Å²) < 4.78 is 0.